The number of phenols is 2. The second kappa shape index (κ2) is 15.2. The maximum atomic E-state index is 13.9. The van der Waals surface area contributed by atoms with E-state index in [0.29, 0.717) is 24.9 Å². The van der Waals surface area contributed by atoms with Crippen LogP contribution in [0.15, 0.2) is 36.4 Å². The number of rotatable bonds is 10. The third-order valence-electron chi connectivity index (χ3n) is 7.39. The van der Waals surface area contributed by atoms with Crippen LogP contribution in [0.1, 0.15) is 43.4 Å². The van der Waals surface area contributed by atoms with Crippen molar-refractivity contribution in [2.45, 2.75) is 56.8 Å². The van der Waals surface area contributed by atoms with E-state index in [9.17, 15) is 39.3 Å². The fourth-order valence-electron chi connectivity index (χ4n) is 5.04. The van der Waals surface area contributed by atoms with E-state index in [1.165, 1.54) is 50.4 Å². The van der Waals surface area contributed by atoms with Gasteiger partial charge in [-0.05, 0) is 75.2 Å². The number of carboxylic acid groups (broad SMARTS) is 1. The average Bonchev–Trinajstić information content (AvgIpc) is 2.97. The van der Waals surface area contributed by atoms with E-state index in [0.717, 1.165) is 4.90 Å². The molecule has 4 atom stereocenters. The van der Waals surface area contributed by atoms with Gasteiger partial charge >= 0.3 is 5.97 Å². The van der Waals surface area contributed by atoms with Crippen LogP contribution in [0.3, 0.4) is 0 Å². The number of nitrogens with one attached hydrogen (secondary N) is 4. The molecule has 1 heterocycles. The number of hydrogen-bond acceptors (Lipinski definition) is 9. The standard InChI is InChI=1S/C30H40N6O8/c1-16-27(40)35-22(30(43)44)13-17-7-9-23(37)19(12-17)20-14-18(8-10-24(20)38)26(28(41)33-16)36(3)29(42)21(6-4-5-11-31)34-25(39)15-32-2/h7-10,12,14,16,21-22,26,32,37-38H,4-6,11,13,15,31H2,1-3H3,(H,33,41)(H,34,39)(H,35,40)(H,43,44)/t16-,21-,22-,26-/m0/s1. The van der Waals surface area contributed by atoms with E-state index in [4.69, 9.17) is 5.73 Å². The van der Waals surface area contributed by atoms with Crippen molar-refractivity contribution in [2.24, 2.45) is 5.73 Å². The third kappa shape index (κ3) is 8.23. The first-order valence-electron chi connectivity index (χ1n) is 14.3. The summed E-state index contributed by atoms with van der Waals surface area (Å²) in [6, 6.07) is 3.60. The Labute approximate surface area is 255 Å². The third-order valence-corrected chi connectivity index (χ3v) is 7.39. The van der Waals surface area contributed by atoms with E-state index in [1.807, 2.05) is 0 Å². The molecule has 0 unspecified atom stereocenters. The van der Waals surface area contributed by atoms with Gasteiger partial charge < -0.3 is 47.2 Å². The Morgan fingerprint density at radius 3 is 2.32 bits per heavy atom. The van der Waals surface area contributed by atoms with Gasteiger partial charge in [-0.15, -0.1) is 0 Å². The van der Waals surface area contributed by atoms with Crippen LogP contribution in [-0.4, -0.2) is 95.1 Å². The summed E-state index contributed by atoms with van der Waals surface area (Å²) in [7, 11) is 2.97. The Hall–Kier alpha value is -4.69. The molecule has 4 amide bonds. The zero-order chi connectivity index (χ0) is 32.6. The summed E-state index contributed by atoms with van der Waals surface area (Å²) < 4.78 is 0. The number of carbonyl (C=O) groups excluding carboxylic acids is 4. The molecule has 14 nitrogen and oxygen atoms in total. The summed E-state index contributed by atoms with van der Waals surface area (Å²) in [5.41, 5.74) is 6.59. The number of aromatic hydroxyl groups is 2. The van der Waals surface area contributed by atoms with Crippen LogP contribution < -0.4 is 27.0 Å². The molecule has 14 heteroatoms. The minimum absolute atomic E-state index is 0.0395. The molecule has 44 heavy (non-hydrogen) atoms. The van der Waals surface area contributed by atoms with Gasteiger partial charge in [-0.3, -0.25) is 19.2 Å². The zero-order valence-electron chi connectivity index (χ0n) is 24.9. The SMILES string of the molecule is CNCC(=O)N[C@@H](CCCCN)C(=O)N(C)[C@@H]1C(=O)N[C@@H](C)C(=O)N[C@H](C(=O)O)Cc2ccc(O)c(c2)-c2cc1ccc2O. The summed E-state index contributed by atoms with van der Waals surface area (Å²) in [4.78, 5) is 66.2. The highest BCUT2D eigenvalue weighted by molar-refractivity contribution is 5.96. The maximum absolute atomic E-state index is 13.9. The number of nitrogens with two attached hydrogens (primary N) is 1. The molecule has 0 saturated carbocycles. The first-order chi connectivity index (χ1) is 20.9. The lowest BCUT2D eigenvalue weighted by Crippen LogP contribution is -2.55. The second-order valence-corrected chi connectivity index (χ2v) is 10.7. The Morgan fingerprint density at radius 2 is 1.68 bits per heavy atom. The predicted octanol–water partition coefficient (Wildman–Crippen LogP) is -0.272. The van der Waals surface area contributed by atoms with Gasteiger partial charge in [0, 0.05) is 24.6 Å². The summed E-state index contributed by atoms with van der Waals surface area (Å²) in [5.74, 6) is -4.33. The number of nitrogens with zero attached hydrogens (tertiary/aromatic N) is 1. The highest BCUT2D eigenvalue weighted by Crippen LogP contribution is 2.38. The van der Waals surface area contributed by atoms with Gasteiger partial charge in [-0.25, -0.2) is 4.79 Å². The van der Waals surface area contributed by atoms with Crippen LogP contribution in [0.4, 0.5) is 0 Å². The summed E-state index contributed by atoms with van der Waals surface area (Å²) in [5, 5.41) is 41.6. The molecule has 1 aliphatic rings. The van der Waals surface area contributed by atoms with Gasteiger partial charge in [0.05, 0.1) is 6.54 Å². The Kier molecular flexibility index (Phi) is 11.6. The zero-order valence-corrected chi connectivity index (χ0v) is 24.9. The van der Waals surface area contributed by atoms with Crippen LogP contribution in [0.5, 0.6) is 11.5 Å². The van der Waals surface area contributed by atoms with Crippen molar-refractivity contribution >= 4 is 29.6 Å². The number of benzene rings is 2. The molecule has 0 fully saturated rings. The fraction of sp³-hybridized carbons (Fsp3) is 0.433. The number of phenolic OH excluding ortho intramolecular Hbond substituents is 2. The molecule has 3 rings (SSSR count). The molecule has 0 saturated heterocycles. The Bertz CT molecular complexity index is 1400. The van der Waals surface area contributed by atoms with Gasteiger partial charge in [0.25, 0.3) is 0 Å². The number of carbonyl (C=O) groups is 5. The fourth-order valence-corrected chi connectivity index (χ4v) is 5.04. The van der Waals surface area contributed by atoms with Crippen molar-refractivity contribution in [3.8, 4) is 22.6 Å². The van der Waals surface area contributed by atoms with Gasteiger partial charge in [0.1, 0.15) is 35.7 Å². The van der Waals surface area contributed by atoms with Gasteiger partial charge in [0.15, 0.2) is 0 Å². The van der Waals surface area contributed by atoms with Gasteiger partial charge in [0.2, 0.25) is 23.6 Å². The first kappa shape index (κ1) is 33.8. The molecule has 0 spiro atoms. The van der Waals surface area contributed by atoms with E-state index in [-0.39, 0.29) is 47.6 Å². The van der Waals surface area contributed by atoms with Crippen molar-refractivity contribution in [3.05, 3.63) is 47.5 Å². The summed E-state index contributed by atoms with van der Waals surface area (Å²) >= 11 is 0. The Morgan fingerprint density at radius 1 is 1.02 bits per heavy atom. The second-order valence-electron chi connectivity index (χ2n) is 10.7. The first-order valence-corrected chi connectivity index (χ1v) is 14.3. The maximum Gasteiger partial charge on any atom is 0.326 e. The quantitative estimate of drug-likeness (QED) is 0.164. The smallest absolute Gasteiger partial charge is 0.326 e. The molecule has 1 aliphatic heterocycles. The molecule has 0 aliphatic carbocycles. The van der Waals surface area contributed by atoms with Crippen LogP contribution in [0.2, 0.25) is 0 Å². The molecule has 0 aromatic heterocycles. The monoisotopic (exact) mass is 612 g/mol. The van der Waals surface area contributed by atoms with Crippen LogP contribution >= 0.6 is 0 Å². The number of unbranched alkanes of at least 4 members (excludes halogenated alkanes) is 1. The van der Waals surface area contributed by atoms with E-state index >= 15 is 0 Å². The van der Waals surface area contributed by atoms with Gasteiger partial charge in [-0.1, -0.05) is 12.1 Å². The average molecular weight is 613 g/mol. The molecular weight excluding hydrogens is 572 g/mol. The van der Waals surface area contributed by atoms with Crippen molar-refractivity contribution < 1.29 is 39.3 Å². The minimum Gasteiger partial charge on any atom is -0.507 e. The van der Waals surface area contributed by atoms with Crippen molar-refractivity contribution in [3.63, 3.8) is 0 Å². The number of carboxylic acids is 1. The molecule has 2 aromatic rings. The van der Waals surface area contributed by atoms with Crippen LogP contribution in [-0.2, 0) is 30.4 Å². The number of hydrogen-bond donors (Lipinski definition) is 8. The normalized spacial score (nSPS) is 19.1. The number of aliphatic carboxylic acids is 1. The minimum atomic E-state index is -1.36. The largest absolute Gasteiger partial charge is 0.507 e. The lowest BCUT2D eigenvalue weighted by atomic mass is 9.93. The van der Waals surface area contributed by atoms with Crippen LogP contribution in [0.25, 0.3) is 11.1 Å². The number of likely N-dealkylation sites (N-methyl/N-ethyl adjacent to an activating group) is 2. The van der Waals surface area contributed by atoms with E-state index < -0.39 is 53.8 Å². The summed E-state index contributed by atoms with van der Waals surface area (Å²) in [6.07, 6.45) is 1.24. The number of fused-ring (bicyclic) bond motifs is 5. The molecule has 4 bridgehead atoms. The van der Waals surface area contributed by atoms with Crippen molar-refractivity contribution in [2.75, 3.05) is 27.2 Å². The van der Waals surface area contributed by atoms with E-state index in [2.05, 4.69) is 21.3 Å². The predicted molar refractivity (Wildman–Crippen MR) is 160 cm³/mol. The van der Waals surface area contributed by atoms with E-state index in [1.54, 1.807) is 7.05 Å². The summed E-state index contributed by atoms with van der Waals surface area (Å²) in [6.45, 7) is 1.73. The lowest BCUT2D eigenvalue weighted by molar-refractivity contribution is -0.143. The molecular formula is C30H40N6O8. The number of amides is 4. The van der Waals surface area contributed by atoms with Gasteiger partial charge in [-0.2, -0.15) is 0 Å². The molecule has 9 N–H and O–H groups in total. The molecule has 238 valence electrons. The molecule has 2 aromatic carbocycles. The molecule has 0 radical (unpaired) electrons. The van der Waals surface area contributed by atoms with Crippen LogP contribution in [0, 0.1) is 0 Å². The lowest BCUT2D eigenvalue weighted by Gasteiger charge is -2.32. The van der Waals surface area contributed by atoms with Crippen molar-refractivity contribution in [1.82, 2.24) is 26.2 Å². The highest BCUT2D eigenvalue weighted by atomic mass is 16.4. The topological polar surface area (TPSA) is 223 Å². The van der Waals surface area contributed by atoms with Crippen molar-refractivity contribution in [1.29, 1.82) is 0 Å². The Balaban J connectivity index is 2.15. The highest BCUT2D eigenvalue weighted by Gasteiger charge is 2.35.